The summed E-state index contributed by atoms with van der Waals surface area (Å²) in [6.45, 7) is 3.02. The summed E-state index contributed by atoms with van der Waals surface area (Å²) in [5.74, 6) is 0.601. The maximum absolute atomic E-state index is 9.30. The Balaban J connectivity index is 1.47. The van der Waals surface area contributed by atoms with Crippen LogP contribution in [0.2, 0.25) is 5.02 Å². The van der Waals surface area contributed by atoms with Crippen LogP contribution in [-0.4, -0.2) is 50.0 Å². The molecule has 1 spiro atoms. The fourth-order valence-electron chi connectivity index (χ4n) is 6.81. The minimum atomic E-state index is -1.03. The Bertz CT molecular complexity index is 797. The lowest BCUT2D eigenvalue weighted by atomic mass is 9.45. The van der Waals surface area contributed by atoms with E-state index in [1.165, 1.54) is 0 Å². The third-order valence-corrected chi connectivity index (χ3v) is 8.07. The molecule has 4 saturated carbocycles. The zero-order valence-corrected chi connectivity index (χ0v) is 18.9. The highest BCUT2D eigenvalue weighted by atomic mass is 35.5. The first-order chi connectivity index (χ1) is 15.0. The summed E-state index contributed by atoms with van der Waals surface area (Å²) in [7, 11) is 1.67. The first-order valence-corrected chi connectivity index (χ1v) is 11.6. The minimum Gasteiger partial charge on any atom is -0.466 e. The first-order valence-electron chi connectivity index (χ1n) is 11.2. The highest BCUT2D eigenvalue weighted by molar-refractivity contribution is 6.32. The third-order valence-electron chi connectivity index (χ3n) is 7.76. The van der Waals surface area contributed by atoms with Gasteiger partial charge in [0, 0.05) is 31.1 Å². The van der Waals surface area contributed by atoms with Crippen molar-refractivity contribution in [3.8, 4) is 5.75 Å². The van der Waals surface area contributed by atoms with Crippen molar-refractivity contribution in [1.29, 1.82) is 0 Å². The van der Waals surface area contributed by atoms with E-state index in [2.05, 4.69) is 0 Å². The van der Waals surface area contributed by atoms with Crippen LogP contribution in [0.5, 0.6) is 5.75 Å². The van der Waals surface area contributed by atoms with Crippen LogP contribution in [0.15, 0.2) is 18.2 Å². The number of rotatable bonds is 9. The smallest absolute Gasteiger partial charge is 0.260 e. The zero-order valence-electron chi connectivity index (χ0n) is 18.1. The predicted octanol–water partition coefficient (Wildman–Crippen LogP) is 3.80. The Morgan fingerprint density at radius 2 is 1.94 bits per heavy atom. The molecule has 31 heavy (non-hydrogen) atoms. The Morgan fingerprint density at radius 3 is 2.55 bits per heavy atom. The van der Waals surface area contributed by atoms with Crippen molar-refractivity contribution in [3.63, 3.8) is 0 Å². The van der Waals surface area contributed by atoms with Gasteiger partial charge in [-0.1, -0.05) is 17.7 Å². The Morgan fingerprint density at radius 1 is 1.16 bits per heavy atom. The van der Waals surface area contributed by atoms with E-state index in [-0.39, 0.29) is 30.8 Å². The second-order valence-corrected chi connectivity index (χ2v) is 9.69. The molecule has 1 saturated heterocycles. The van der Waals surface area contributed by atoms with Crippen LogP contribution in [0.1, 0.15) is 44.6 Å². The second-order valence-electron chi connectivity index (χ2n) is 9.28. The van der Waals surface area contributed by atoms with Crippen LogP contribution >= 0.6 is 11.6 Å². The summed E-state index contributed by atoms with van der Waals surface area (Å²) in [5, 5.41) is 9.81. The molecule has 1 aromatic carbocycles. The maximum Gasteiger partial charge on any atom is 0.260 e. The van der Waals surface area contributed by atoms with Gasteiger partial charge in [0.1, 0.15) is 5.75 Å². The van der Waals surface area contributed by atoms with Gasteiger partial charge in [-0.3, -0.25) is 0 Å². The SMILES string of the molecule is CCOCOc1cc(C2(OC)OOC23C2CC4CC3CC(OCCO)(C4)C2)ccc1Cl. The van der Waals surface area contributed by atoms with Gasteiger partial charge in [0.05, 0.1) is 23.8 Å². The summed E-state index contributed by atoms with van der Waals surface area (Å²) in [6.07, 6.45) is 4.96. The van der Waals surface area contributed by atoms with Gasteiger partial charge in [-0.05, 0) is 57.1 Å². The van der Waals surface area contributed by atoms with Crippen LogP contribution in [0.3, 0.4) is 0 Å². The number of aliphatic hydroxyl groups excluding tert-OH is 1. The normalized spacial score (nSPS) is 40.3. The standard InChI is InChI=1S/C23H31ClO7/c1-3-27-14-28-20-10-16(4-5-19(20)24)23(26-2)22(30-31-23)17-8-15-9-18(22)13-21(11-15,12-17)29-7-6-25/h4-5,10,15,17-18,25H,3,6-9,11-14H2,1-2H3. The van der Waals surface area contributed by atoms with E-state index < -0.39 is 11.4 Å². The zero-order chi connectivity index (χ0) is 21.7. The lowest BCUT2D eigenvalue weighted by molar-refractivity contribution is -0.647. The molecule has 1 aliphatic heterocycles. The molecule has 7 nitrogen and oxygen atoms in total. The van der Waals surface area contributed by atoms with E-state index in [9.17, 15) is 5.11 Å². The molecular formula is C23H31ClO7. The fourth-order valence-corrected chi connectivity index (χ4v) is 6.99. The van der Waals surface area contributed by atoms with Gasteiger partial charge in [0.15, 0.2) is 12.4 Å². The van der Waals surface area contributed by atoms with Crippen LogP contribution in [0, 0.1) is 17.8 Å². The van der Waals surface area contributed by atoms with E-state index in [1.807, 2.05) is 19.1 Å². The number of halogens is 1. The largest absolute Gasteiger partial charge is 0.466 e. The van der Waals surface area contributed by atoms with E-state index in [0.29, 0.717) is 29.9 Å². The average molecular weight is 455 g/mol. The minimum absolute atomic E-state index is 0.0454. The highest BCUT2D eigenvalue weighted by Crippen LogP contribution is 2.70. The second kappa shape index (κ2) is 8.13. The van der Waals surface area contributed by atoms with Crippen LogP contribution in [-0.2, 0) is 29.8 Å². The lowest BCUT2D eigenvalue weighted by Gasteiger charge is -2.70. The van der Waals surface area contributed by atoms with Gasteiger partial charge < -0.3 is 24.1 Å². The van der Waals surface area contributed by atoms with Gasteiger partial charge in [-0.2, -0.15) is 4.89 Å². The Hall–Kier alpha value is -0.930. The molecule has 172 valence electrons. The molecule has 1 aromatic rings. The van der Waals surface area contributed by atoms with E-state index in [0.717, 1.165) is 37.7 Å². The molecule has 8 heteroatoms. The molecule has 4 aliphatic carbocycles. The van der Waals surface area contributed by atoms with E-state index in [1.54, 1.807) is 13.2 Å². The van der Waals surface area contributed by atoms with Crippen LogP contribution in [0.25, 0.3) is 0 Å². The summed E-state index contributed by atoms with van der Waals surface area (Å²) in [4.78, 5) is 11.9. The number of aliphatic hydroxyl groups is 1. The first kappa shape index (κ1) is 21.9. The Labute approximate surface area is 187 Å². The van der Waals surface area contributed by atoms with Gasteiger partial charge in [0.25, 0.3) is 5.79 Å². The maximum atomic E-state index is 9.30. The number of benzene rings is 1. The lowest BCUT2D eigenvalue weighted by Crippen LogP contribution is -2.78. The summed E-state index contributed by atoms with van der Waals surface area (Å²) in [5.41, 5.74) is 0.0831. The number of hydrogen-bond acceptors (Lipinski definition) is 7. The quantitative estimate of drug-likeness (QED) is 0.345. The van der Waals surface area contributed by atoms with E-state index >= 15 is 0 Å². The van der Waals surface area contributed by atoms with Crippen molar-refractivity contribution in [2.75, 3.05) is 33.7 Å². The molecule has 0 aromatic heterocycles. The summed E-state index contributed by atoms with van der Waals surface area (Å²) >= 11 is 6.36. The van der Waals surface area contributed by atoms with Gasteiger partial charge >= 0.3 is 0 Å². The Kier molecular flexibility index (Phi) is 5.74. The molecule has 1 heterocycles. The summed E-state index contributed by atoms with van der Waals surface area (Å²) < 4.78 is 23.4. The molecule has 1 N–H and O–H groups in total. The summed E-state index contributed by atoms with van der Waals surface area (Å²) in [6, 6.07) is 5.60. The van der Waals surface area contributed by atoms with Crippen molar-refractivity contribution in [1.82, 2.24) is 0 Å². The molecular weight excluding hydrogens is 424 g/mol. The molecule has 0 radical (unpaired) electrons. The topological polar surface area (TPSA) is 75.6 Å². The fraction of sp³-hybridized carbons (Fsp3) is 0.739. The average Bonchev–Trinajstić information content (AvgIpc) is 2.74. The number of methoxy groups -OCH3 is 1. The number of ether oxygens (including phenoxy) is 4. The highest BCUT2D eigenvalue weighted by Gasteiger charge is 2.78. The monoisotopic (exact) mass is 454 g/mol. The van der Waals surface area contributed by atoms with Crippen molar-refractivity contribution in [2.45, 2.75) is 56.0 Å². The van der Waals surface area contributed by atoms with E-state index in [4.69, 9.17) is 40.3 Å². The van der Waals surface area contributed by atoms with Crippen molar-refractivity contribution >= 4 is 11.6 Å². The van der Waals surface area contributed by atoms with Crippen LogP contribution < -0.4 is 4.74 Å². The molecule has 3 unspecified atom stereocenters. The molecule has 4 bridgehead atoms. The molecule has 5 aliphatic rings. The third kappa shape index (κ3) is 3.16. The van der Waals surface area contributed by atoms with Gasteiger partial charge in [0.2, 0.25) is 0 Å². The molecule has 3 atom stereocenters. The molecule has 6 rings (SSSR count). The number of hydrogen-bond donors (Lipinski definition) is 1. The van der Waals surface area contributed by atoms with Gasteiger partial charge in [-0.15, -0.1) is 0 Å². The van der Waals surface area contributed by atoms with Gasteiger partial charge in [-0.25, -0.2) is 4.89 Å². The van der Waals surface area contributed by atoms with Crippen molar-refractivity contribution in [3.05, 3.63) is 28.8 Å². The molecule has 5 fully saturated rings. The van der Waals surface area contributed by atoms with Crippen LogP contribution in [0.4, 0.5) is 0 Å². The van der Waals surface area contributed by atoms with Crippen molar-refractivity contribution in [2.24, 2.45) is 17.8 Å². The predicted molar refractivity (Wildman–Crippen MR) is 111 cm³/mol. The molecule has 0 amide bonds. The van der Waals surface area contributed by atoms with Crippen molar-refractivity contribution < 1.29 is 33.8 Å².